The van der Waals surface area contributed by atoms with Gasteiger partial charge in [-0.05, 0) is 32.8 Å². The van der Waals surface area contributed by atoms with Crippen molar-refractivity contribution in [2.24, 2.45) is 5.10 Å². The van der Waals surface area contributed by atoms with Gasteiger partial charge in [-0.2, -0.15) is 10.2 Å². The SMILES string of the molecule is Cc1cc(C)n([C@H]2CCCN(C(=O)C3=NN(C)C(=O)CC3)C2)n1. The van der Waals surface area contributed by atoms with E-state index >= 15 is 0 Å². The van der Waals surface area contributed by atoms with Gasteiger partial charge < -0.3 is 4.90 Å². The minimum Gasteiger partial charge on any atom is -0.335 e. The van der Waals surface area contributed by atoms with Crippen molar-refractivity contribution in [2.45, 2.75) is 45.6 Å². The quantitative estimate of drug-likeness (QED) is 0.825. The van der Waals surface area contributed by atoms with Gasteiger partial charge in [0.1, 0.15) is 5.71 Å². The highest BCUT2D eigenvalue weighted by atomic mass is 16.2. The first-order chi connectivity index (χ1) is 11.0. The third kappa shape index (κ3) is 3.13. The Kier molecular flexibility index (Phi) is 4.19. The molecule has 0 N–H and O–H groups in total. The number of amides is 2. The van der Waals surface area contributed by atoms with Crippen molar-refractivity contribution in [1.29, 1.82) is 0 Å². The maximum Gasteiger partial charge on any atom is 0.270 e. The van der Waals surface area contributed by atoms with Gasteiger partial charge in [0.2, 0.25) is 5.91 Å². The molecule has 7 heteroatoms. The van der Waals surface area contributed by atoms with E-state index in [9.17, 15) is 9.59 Å². The van der Waals surface area contributed by atoms with Crippen molar-refractivity contribution in [1.82, 2.24) is 19.7 Å². The number of likely N-dealkylation sites (tertiary alicyclic amines) is 1. The number of aromatic nitrogens is 2. The fourth-order valence-electron chi connectivity index (χ4n) is 3.36. The Hall–Kier alpha value is -2.18. The Bertz CT molecular complexity index is 663. The minimum absolute atomic E-state index is 0.0410. The molecule has 0 aromatic carbocycles. The molecule has 3 rings (SSSR count). The molecule has 0 unspecified atom stereocenters. The summed E-state index contributed by atoms with van der Waals surface area (Å²) in [5.74, 6) is -0.0868. The number of hydrogen-bond acceptors (Lipinski definition) is 4. The van der Waals surface area contributed by atoms with Crippen LogP contribution in [-0.4, -0.2) is 57.4 Å². The van der Waals surface area contributed by atoms with Gasteiger partial charge in [0.05, 0.1) is 11.7 Å². The second-order valence-corrected chi connectivity index (χ2v) is 6.38. The number of rotatable bonds is 2. The summed E-state index contributed by atoms with van der Waals surface area (Å²) in [6, 6.07) is 2.27. The standard InChI is InChI=1S/C16H23N5O2/c1-11-9-12(2)21(17-11)13-5-4-8-20(10-13)16(23)14-6-7-15(22)19(3)18-14/h9,13H,4-8,10H2,1-3H3/t13-/m0/s1. The zero-order chi connectivity index (χ0) is 16.6. The molecule has 2 amide bonds. The van der Waals surface area contributed by atoms with Crippen molar-refractivity contribution in [3.05, 3.63) is 17.5 Å². The molecule has 2 aliphatic heterocycles. The Morgan fingerprint density at radius 2 is 2.09 bits per heavy atom. The van der Waals surface area contributed by atoms with Crippen molar-refractivity contribution < 1.29 is 9.59 Å². The van der Waals surface area contributed by atoms with Crippen molar-refractivity contribution in [3.8, 4) is 0 Å². The van der Waals surface area contributed by atoms with Crippen molar-refractivity contribution in [3.63, 3.8) is 0 Å². The highest BCUT2D eigenvalue weighted by Crippen LogP contribution is 2.24. The van der Waals surface area contributed by atoms with E-state index in [1.807, 2.05) is 23.4 Å². The maximum atomic E-state index is 12.7. The first-order valence-corrected chi connectivity index (χ1v) is 8.12. The molecule has 0 aliphatic carbocycles. The van der Waals surface area contributed by atoms with Gasteiger partial charge in [-0.25, -0.2) is 5.01 Å². The normalized spacial score (nSPS) is 22.3. The predicted molar refractivity (Wildman–Crippen MR) is 86.0 cm³/mol. The van der Waals surface area contributed by atoms with E-state index in [-0.39, 0.29) is 17.9 Å². The number of piperidine rings is 1. The van der Waals surface area contributed by atoms with Crippen LogP contribution in [0, 0.1) is 13.8 Å². The monoisotopic (exact) mass is 317 g/mol. The summed E-state index contributed by atoms with van der Waals surface area (Å²) in [5, 5.41) is 9.98. The van der Waals surface area contributed by atoms with E-state index in [4.69, 9.17) is 0 Å². The van der Waals surface area contributed by atoms with Crippen molar-refractivity contribution >= 4 is 17.5 Å². The highest BCUT2D eigenvalue weighted by molar-refractivity contribution is 6.39. The lowest BCUT2D eigenvalue weighted by Gasteiger charge is -2.34. The van der Waals surface area contributed by atoms with E-state index in [0.29, 0.717) is 25.1 Å². The van der Waals surface area contributed by atoms with Crippen LogP contribution in [0.2, 0.25) is 0 Å². The summed E-state index contributed by atoms with van der Waals surface area (Å²) >= 11 is 0. The van der Waals surface area contributed by atoms with E-state index < -0.39 is 0 Å². The second kappa shape index (κ2) is 6.14. The van der Waals surface area contributed by atoms with Gasteiger partial charge in [-0.3, -0.25) is 14.3 Å². The zero-order valence-corrected chi connectivity index (χ0v) is 13.9. The molecule has 2 aliphatic rings. The molecule has 0 saturated carbocycles. The lowest BCUT2D eigenvalue weighted by Crippen LogP contribution is -2.46. The average Bonchev–Trinajstić information content (AvgIpc) is 2.88. The fraction of sp³-hybridized carbons (Fsp3) is 0.625. The first-order valence-electron chi connectivity index (χ1n) is 8.12. The molecule has 0 bridgehead atoms. The molecular weight excluding hydrogens is 294 g/mol. The summed E-state index contributed by atoms with van der Waals surface area (Å²) in [4.78, 5) is 26.1. The van der Waals surface area contributed by atoms with Crippen LogP contribution in [0.5, 0.6) is 0 Å². The average molecular weight is 317 g/mol. The molecule has 7 nitrogen and oxygen atoms in total. The Morgan fingerprint density at radius 3 is 2.74 bits per heavy atom. The molecule has 23 heavy (non-hydrogen) atoms. The van der Waals surface area contributed by atoms with Crippen LogP contribution >= 0.6 is 0 Å². The number of carbonyl (C=O) groups is 2. The smallest absolute Gasteiger partial charge is 0.270 e. The summed E-state index contributed by atoms with van der Waals surface area (Å²) in [6.45, 7) is 5.42. The van der Waals surface area contributed by atoms with E-state index in [1.165, 1.54) is 5.01 Å². The topological polar surface area (TPSA) is 70.8 Å². The van der Waals surface area contributed by atoms with Crippen LogP contribution < -0.4 is 0 Å². The van der Waals surface area contributed by atoms with Crippen molar-refractivity contribution in [2.75, 3.05) is 20.1 Å². The molecule has 124 valence electrons. The fourth-order valence-corrected chi connectivity index (χ4v) is 3.36. The van der Waals surface area contributed by atoms with Gasteiger partial charge in [-0.15, -0.1) is 0 Å². The lowest BCUT2D eigenvalue weighted by molar-refractivity contribution is -0.131. The van der Waals surface area contributed by atoms with Gasteiger partial charge >= 0.3 is 0 Å². The third-order valence-corrected chi connectivity index (χ3v) is 4.53. The van der Waals surface area contributed by atoms with Crippen LogP contribution in [0.4, 0.5) is 0 Å². The molecule has 0 spiro atoms. The van der Waals surface area contributed by atoms with Crippen LogP contribution in [0.25, 0.3) is 0 Å². The zero-order valence-electron chi connectivity index (χ0n) is 13.9. The Labute approximate surface area is 135 Å². The van der Waals surface area contributed by atoms with Gasteiger partial charge in [0.15, 0.2) is 0 Å². The van der Waals surface area contributed by atoms with Gasteiger partial charge in [0.25, 0.3) is 5.91 Å². The van der Waals surface area contributed by atoms with Crippen LogP contribution in [0.1, 0.15) is 43.1 Å². The first kappa shape index (κ1) is 15.7. The molecule has 1 aromatic rings. The summed E-state index contributed by atoms with van der Waals surface area (Å²) < 4.78 is 2.03. The largest absolute Gasteiger partial charge is 0.335 e. The number of nitrogens with zero attached hydrogens (tertiary/aromatic N) is 5. The number of hydrazone groups is 1. The molecule has 1 atom stereocenters. The molecule has 1 fully saturated rings. The molecule has 1 aromatic heterocycles. The Morgan fingerprint density at radius 1 is 1.30 bits per heavy atom. The number of hydrogen-bond donors (Lipinski definition) is 0. The number of carbonyl (C=O) groups excluding carboxylic acids is 2. The summed E-state index contributed by atoms with van der Waals surface area (Å²) in [7, 11) is 1.60. The van der Waals surface area contributed by atoms with Crippen LogP contribution in [-0.2, 0) is 9.59 Å². The summed E-state index contributed by atoms with van der Waals surface area (Å²) in [5.41, 5.74) is 2.62. The third-order valence-electron chi connectivity index (χ3n) is 4.53. The summed E-state index contributed by atoms with van der Waals surface area (Å²) in [6.07, 6.45) is 2.77. The Balaban J connectivity index is 1.73. The predicted octanol–water partition coefficient (Wildman–Crippen LogP) is 1.27. The number of aryl methyl sites for hydroxylation is 2. The maximum absolute atomic E-state index is 12.7. The minimum atomic E-state index is -0.0458. The highest BCUT2D eigenvalue weighted by Gasteiger charge is 2.30. The van der Waals surface area contributed by atoms with Gasteiger partial charge in [0, 0.05) is 38.7 Å². The van der Waals surface area contributed by atoms with Crippen LogP contribution in [0.15, 0.2) is 11.2 Å². The van der Waals surface area contributed by atoms with E-state index in [0.717, 1.165) is 30.8 Å². The molecule has 3 heterocycles. The van der Waals surface area contributed by atoms with E-state index in [2.05, 4.69) is 16.3 Å². The van der Waals surface area contributed by atoms with Crippen LogP contribution in [0.3, 0.4) is 0 Å². The molecule has 0 radical (unpaired) electrons. The van der Waals surface area contributed by atoms with Gasteiger partial charge in [-0.1, -0.05) is 0 Å². The van der Waals surface area contributed by atoms with E-state index in [1.54, 1.807) is 7.05 Å². The second-order valence-electron chi connectivity index (χ2n) is 6.38. The molecule has 1 saturated heterocycles. The molecular formula is C16H23N5O2. The lowest BCUT2D eigenvalue weighted by atomic mass is 10.0.